The maximum Gasteiger partial charge on any atom is 0.131 e. The standard InChI is InChI=1S/C11H10FN3/c12-7-1-2-14-11(3-7)15-5-9-8(4-13)10(9)6-15/h1-3,8-10H,5-6H2. The topological polar surface area (TPSA) is 39.9 Å². The van der Waals surface area contributed by atoms with E-state index in [4.69, 9.17) is 5.26 Å². The number of halogens is 1. The molecular formula is C11H10FN3. The maximum absolute atomic E-state index is 13.0. The number of nitriles is 1. The highest BCUT2D eigenvalue weighted by Gasteiger charge is 2.56. The molecule has 2 aliphatic rings. The number of nitrogens with zero attached hydrogens (tertiary/aromatic N) is 3. The van der Waals surface area contributed by atoms with Crippen LogP contribution in [0.1, 0.15) is 0 Å². The van der Waals surface area contributed by atoms with E-state index in [1.807, 2.05) is 0 Å². The van der Waals surface area contributed by atoms with Crippen molar-refractivity contribution in [2.45, 2.75) is 0 Å². The van der Waals surface area contributed by atoms with E-state index in [1.165, 1.54) is 18.3 Å². The molecule has 15 heavy (non-hydrogen) atoms. The van der Waals surface area contributed by atoms with Gasteiger partial charge in [0.15, 0.2) is 0 Å². The smallest absolute Gasteiger partial charge is 0.131 e. The molecule has 4 heteroatoms. The lowest BCUT2D eigenvalue weighted by molar-refractivity contribution is 0.623. The molecular weight excluding hydrogens is 193 g/mol. The Morgan fingerprint density at radius 3 is 2.80 bits per heavy atom. The van der Waals surface area contributed by atoms with E-state index in [0.29, 0.717) is 17.7 Å². The lowest BCUT2D eigenvalue weighted by Crippen LogP contribution is -2.24. The third kappa shape index (κ3) is 1.27. The minimum atomic E-state index is -0.252. The van der Waals surface area contributed by atoms with Crippen LogP contribution in [0.15, 0.2) is 18.3 Å². The average Bonchev–Trinajstić information content (AvgIpc) is 2.70. The number of rotatable bonds is 1. The van der Waals surface area contributed by atoms with Gasteiger partial charge in [-0.1, -0.05) is 0 Å². The minimum Gasteiger partial charge on any atom is -0.356 e. The molecule has 2 atom stereocenters. The van der Waals surface area contributed by atoms with E-state index < -0.39 is 0 Å². The number of fused-ring (bicyclic) bond motifs is 1. The molecule has 76 valence electrons. The Labute approximate surface area is 87.1 Å². The van der Waals surface area contributed by atoms with E-state index >= 15 is 0 Å². The first-order valence-corrected chi connectivity index (χ1v) is 5.05. The van der Waals surface area contributed by atoms with Crippen molar-refractivity contribution in [2.24, 2.45) is 17.8 Å². The molecule has 0 aromatic carbocycles. The van der Waals surface area contributed by atoms with Gasteiger partial charge in [0, 0.05) is 25.4 Å². The summed E-state index contributed by atoms with van der Waals surface area (Å²) in [6, 6.07) is 5.10. The summed E-state index contributed by atoms with van der Waals surface area (Å²) >= 11 is 0. The predicted molar refractivity (Wildman–Crippen MR) is 52.5 cm³/mol. The van der Waals surface area contributed by atoms with Crippen LogP contribution in [0.2, 0.25) is 0 Å². The van der Waals surface area contributed by atoms with E-state index in [-0.39, 0.29) is 11.7 Å². The van der Waals surface area contributed by atoms with Gasteiger partial charge in [0.25, 0.3) is 0 Å². The second kappa shape index (κ2) is 2.93. The quantitative estimate of drug-likeness (QED) is 0.693. The molecule has 3 rings (SSSR count). The largest absolute Gasteiger partial charge is 0.356 e. The van der Waals surface area contributed by atoms with Gasteiger partial charge in [0.2, 0.25) is 0 Å². The molecule has 0 amide bonds. The van der Waals surface area contributed by atoms with Crippen molar-refractivity contribution in [3.63, 3.8) is 0 Å². The van der Waals surface area contributed by atoms with Gasteiger partial charge in [-0.3, -0.25) is 0 Å². The monoisotopic (exact) mass is 203 g/mol. The summed E-state index contributed by atoms with van der Waals surface area (Å²) in [5, 5.41) is 8.77. The zero-order valence-corrected chi connectivity index (χ0v) is 8.10. The highest BCUT2D eigenvalue weighted by molar-refractivity contribution is 5.42. The molecule has 1 saturated carbocycles. The summed E-state index contributed by atoms with van der Waals surface area (Å²) in [6.45, 7) is 1.69. The first-order valence-electron chi connectivity index (χ1n) is 5.05. The molecule has 1 aromatic heterocycles. The van der Waals surface area contributed by atoms with E-state index in [0.717, 1.165) is 13.1 Å². The Kier molecular flexibility index (Phi) is 1.69. The average molecular weight is 203 g/mol. The highest BCUT2D eigenvalue weighted by Crippen LogP contribution is 2.51. The Hall–Kier alpha value is -1.63. The van der Waals surface area contributed by atoms with Crippen LogP contribution < -0.4 is 4.90 Å². The molecule has 1 aromatic rings. The van der Waals surface area contributed by atoms with Gasteiger partial charge in [0.1, 0.15) is 11.6 Å². The van der Waals surface area contributed by atoms with Crippen molar-refractivity contribution in [3.8, 4) is 6.07 Å². The molecule has 0 N–H and O–H groups in total. The van der Waals surface area contributed by atoms with E-state index in [2.05, 4.69) is 16.0 Å². The first-order chi connectivity index (χ1) is 7.29. The third-order valence-electron chi connectivity index (χ3n) is 3.37. The molecule has 1 saturated heterocycles. The van der Waals surface area contributed by atoms with E-state index in [9.17, 15) is 4.39 Å². The van der Waals surface area contributed by atoms with Crippen molar-refractivity contribution in [1.82, 2.24) is 4.98 Å². The number of pyridine rings is 1. The summed E-state index contributed by atoms with van der Waals surface area (Å²) in [6.07, 6.45) is 1.48. The third-order valence-corrected chi connectivity index (χ3v) is 3.37. The molecule has 0 bridgehead atoms. The van der Waals surface area contributed by atoms with Gasteiger partial charge in [-0.2, -0.15) is 5.26 Å². The van der Waals surface area contributed by atoms with Gasteiger partial charge in [-0.05, 0) is 17.9 Å². The van der Waals surface area contributed by atoms with Crippen molar-refractivity contribution < 1.29 is 4.39 Å². The van der Waals surface area contributed by atoms with E-state index in [1.54, 1.807) is 0 Å². The summed E-state index contributed by atoms with van der Waals surface area (Å²) < 4.78 is 13.0. The zero-order chi connectivity index (χ0) is 10.4. The fourth-order valence-electron chi connectivity index (χ4n) is 2.47. The first kappa shape index (κ1) is 8.66. The highest BCUT2D eigenvalue weighted by atomic mass is 19.1. The van der Waals surface area contributed by atoms with Crippen LogP contribution in [0.3, 0.4) is 0 Å². The number of hydrogen-bond donors (Lipinski definition) is 0. The molecule has 2 heterocycles. The normalized spacial score (nSPS) is 32.3. The Balaban J connectivity index is 1.75. The minimum absolute atomic E-state index is 0.231. The number of aromatic nitrogens is 1. The number of anilines is 1. The molecule has 0 spiro atoms. The Bertz CT molecular complexity index is 428. The molecule has 3 nitrogen and oxygen atoms in total. The number of hydrogen-bond acceptors (Lipinski definition) is 3. The second-order valence-electron chi connectivity index (χ2n) is 4.22. The van der Waals surface area contributed by atoms with Crippen LogP contribution in [0, 0.1) is 34.9 Å². The van der Waals surface area contributed by atoms with Gasteiger partial charge < -0.3 is 4.90 Å². The summed E-state index contributed by atoms with van der Waals surface area (Å²) in [4.78, 5) is 6.19. The zero-order valence-electron chi connectivity index (χ0n) is 8.10. The molecule has 1 aliphatic heterocycles. The summed E-state index contributed by atoms with van der Waals surface area (Å²) in [5.41, 5.74) is 0. The van der Waals surface area contributed by atoms with Crippen LogP contribution in [0.4, 0.5) is 10.2 Å². The van der Waals surface area contributed by atoms with Crippen LogP contribution in [-0.4, -0.2) is 18.1 Å². The Morgan fingerprint density at radius 1 is 1.47 bits per heavy atom. The second-order valence-corrected chi connectivity index (χ2v) is 4.22. The molecule has 2 fully saturated rings. The van der Waals surface area contributed by atoms with Crippen LogP contribution in [-0.2, 0) is 0 Å². The fourth-order valence-corrected chi connectivity index (χ4v) is 2.47. The summed E-state index contributed by atoms with van der Waals surface area (Å²) in [5.74, 6) is 1.64. The SMILES string of the molecule is N#CC1C2CN(c3cc(F)ccn3)CC12. The van der Waals surface area contributed by atoms with Crippen LogP contribution in [0.25, 0.3) is 0 Å². The lowest BCUT2D eigenvalue weighted by atomic mass is 10.3. The van der Waals surface area contributed by atoms with Gasteiger partial charge in [-0.15, -0.1) is 0 Å². The van der Waals surface area contributed by atoms with Crippen LogP contribution >= 0.6 is 0 Å². The predicted octanol–water partition coefficient (Wildman–Crippen LogP) is 1.43. The van der Waals surface area contributed by atoms with Crippen LogP contribution in [0.5, 0.6) is 0 Å². The lowest BCUT2D eigenvalue weighted by Gasteiger charge is -2.19. The van der Waals surface area contributed by atoms with Crippen molar-refractivity contribution in [3.05, 3.63) is 24.1 Å². The number of piperidine rings is 1. The van der Waals surface area contributed by atoms with Crippen molar-refractivity contribution in [1.29, 1.82) is 5.26 Å². The van der Waals surface area contributed by atoms with Gasteiger partial charge >= 0.3 is 0 Å². The molecule has 1 aliphatic carbocycles. The fraction of sp³-hybridized carbons (Fsp3) is 0.455. The van der Waals surface area contributed by atoms with Crippen molar-refractivity contribution in [2.75, 3.05) is 18.0 Å². The van der Waals surface area contributed by atoms with Gasteiger partial charge in [-0.25, -0.2) is 9.37 Å². The Morgan fingerprint density at radius 2 is 2.20 bits per heavy atom. The van der Waals surface area contributed by atoms with Gasteiger partial charge in [0.05, 0.1) is 12.0 Å². The molecule has 0 radical (unpaired) electrons. The molecule has 2 unspecified atom stereocenters. The summed E-state index contributed by atoms with van der Waals surface area (Å²) in [7, 11) is 0. The van der Waals surface area contributed by atoms with Crippen molar-refractivity contribution >= 4 is 5.82 Å². The maximum atomic E-state index is 13.0.